The van der Waals surface area contributed by atoms with Crippen molar-refractivity contribution in [3.8, 4) is 0 Å². The predicted octanol–water partition coefficient (Wildman–Crippen LogP) is 2.73. The Balaban J connectivity index is 0.00000220. The molecule has 1 amide bonds. The molecule has 118 valence electrons. The van der Waals surface area contributed by atoms with Crippen LogP contribution in [0.5, 0.6) is 0 Å². The van der Waals surface area contributed by atoms with Gasteiger partial charge in [0.25, 0.3) is 0 Å². The van der Waals surface area contributed by atoms with E-state index in [1.807, 2.05) is 11.9 Å². The maximum absolute atomic E-state index is 12.3. The largest absolute Gasteiger partial charge is 0.342 e. The highest BCUT2D eigenvalue weighted by atomic mass is 35.5. The molecule has 0 saturated carbocycles. The highest BCUT2D eigenvalue weighted by molar-refractivity contribution is 5.85. The molecule has 1 unspecified atom stereocenters. The van der Waals surface area contributed by atoms with Crippen molar-refractivity contribution in [3.05, 3.63) is 34.9 Å². The van der Waals surface area contributed by atoms with Crippen molar-refractivity contribution in [2.75, 3.05) is 26.7 Å². The van der Waals surface area contributed by atoms with Crippen molar-refractivity contribution in [2.24, 2.45) is 5.92 Å². The number of likely N-dealkylation sites (tertiary alicyclic amines) is 1. The first-order chi connectivity index (χ1) is 9.60. The Morgan fingerprint density at radius 1 is 1.38 bits per heavy atom. The molecule has 1 aliphatic heterocycles. The van der Waals surface area contributed by atoms with Crippen LogP contribution in [0.25, 0.3) is 0 Å². The Hall–Kier alpha value is -1.06. The quantitative estimate of drug-likeness (QED) is 0.907. The molecule has 0 aliphatic carbocycles. The summed E-state index contributed by atoms with van der Waals surface area (Å²) in [5.74, 6) is 0.939. The zero-order valence-corrected chi connectivity index (χ0v) is 14.1. The average Bonchev–Trinajstić information content (AvgIpc) is 2.86. The lowest BCUT2D eigenvalue weighted by atomic mass is 10.0. The molecule has 21 heavy (non-hydrogen) atoms. The summed E-state index contributed by atoms with van der Waals surface area (Å²) in [5.41, 5.74) is 3.88. The van der Waals surface area contributed by atoms with Gasteiger partial charge in [0.15, 0.2) is 0 Å². The van der Waals surface area contributed by atoms with Gasteiger partial charge in [-0.05, 0) is 57.3 Å². The van der Waals surface area contributed by atoms with E-state index in [9.17, 15) is 4.79 Å². The fourth-order valence-corrected chi connectivity index (χ4v) is 3.04. The van der Waals surface area contributed by atoms with Crippen molar-refractivity contribution in [1.29, 1.82) is 0 Å². The highest BCUT2D eigenvalue weighted by Crippen LogP contribution is 2.18. The summed E-state index contributed by atoms with van der Waals surface area (Å²) < 4.78 is 0. The van der Waals surface area contributed by atoms with E-state index in [-0.39, 0.29) is 12.4 Å². The first-order valence-electron chi connectivity index (χ1n) is 7.58. The second kappa shape index (κ2) is 8.40. The van der Waals surface area contributed by atoms with Gasteiger partial charge in [-0.2, -0.15) is 0 Å². The van der Waals surface area contributed by atoms with Crippen molar-refractivity contribution in [2.45, 2.75) is 33.1 Å². The van der Waals surface area contributed by atoms with E-state index in [1.54, 1.807) is 0 Å². The smallest absolute Gasteiger partial charge is 0.222 e. The third kappa shape index (κ3) is 5.01. The zero-order valence-electron chi connectivity index (χ0n) is 13.3. The minimum absolute atomic E-state index is 0. The maximum Gasteiger partial charge on any atom is 0.222 e. The molecular weight excluding hydrogens is 284 g/mol. The Morgan fingerprint density at radius 3 is 2.81 bits per heavy atom. The summed E-state index contributed by atoms with van der Waals surface area (Å²) in [7, 11) is 1.98. The first kappa shape index (κ1) is 18.0. The lowest BCUT2D eigenvalue weighted by Crippen LogP contribution is -2.30. The number of hydrogen-bond donors (Lipinski definition) is 1. The minimum atomic E-state index is 0. The average molecular weight is 311 g/mol. The number of carbonyl (C=O) groups excluding carboxylic acids is 1. The van der Waals surface area contributed by atoms with Crippen LogP contribution in [0.1, 0.15) is 29.5 Å². The molecule has 1 aromatic rings. The van der Waals surface area contributed by atoms with Crippen LogP contribution in [0.2, 0.25) is 0 Å². The zero-order chi connectivity index (χ0) is 14.5. The number of hydrogen-bond acceptors (Lipinski definition) is 2. The van der Waals surface area contributed by atoms with Crippen LogP contribution >= 0.6 is 12.4 Å². The lowest BCUT2D eigenvalue weighted by Gasteiger charge is -2.17. The van der Waals surface area contributed by atoms with Crippen LogP contribution in [0.4, 0.5) is 0 Å². The topological polar surface area (TPSA) is 32.3 Å². The molecule has 0 bridgehead atoms. The van der Waals surface area contributed by atoms with Gasteiger partial charge in [0.2, 0.25) is 5.91 Å². The van der Waals surface area contributed by atoms with Crippen LogP contribution in [0, 0.1) is 19.8 Å². The summed E-state index contributed by atoms with van der Waals surface area (Å²) in [6, 6.07) is 6.48. The second-order valence-electron chi connectivity index (χ2n) is 5.98. The Kier molecular flexibility index (Phi) is 7.20. The molecule has 1 N–H and O–H groups in total. The van der Waals surface area contributed by atoms with E-state index in [4.69, 9.17) is 0 Å². The van der Waals surface area contributed by atoms with Gasteiger partial charge >= 0.3 is 0 Å². The standard InChI is InChI=1S/C17H26N2O.ClH/c1-13-4-5-16(14(2)10-13)6-7-17(20)19-9-8-15(12-19)11-18-3;/h4-5,10,15,18H,6-9,11-12H2,1-3H3;1H. The van der Waals surface area contributed by atoms with Gasteiger partial charge < -0.3 is 10.2 Å². The Labute approximate surface area is 134 Å². The van der Waals surface area contributed by atoms with Crippen LogP contribution < -0.4 is 5.32 Å². The van der Waals surface area contributed by atoms with Crippen molar-refractivity contribution < 1.29 is 4.79 Å². The summed E-state index contributed by atoms with van der Waals surface area (Å²) in [4.78, 5) is 14.3. The fourth-order valence-electron chi connectivity index (χ4n) is 3.04. The molecule has 3 nitrogen and oxygen atoms in total. The van der Waals surface area contributed by atoms with Gasteiger partial charge in [-0.25, -0.2) is 0 Å². The normalized spacial score (nSPS) is 17.7. The molecule has 1 atom stereocenters. The number of carbonyl (C=O) groups is 1. The third-order valence-electron chi connectivity index (χ3n) is 4.24. The Morgan fingerprint density at radius 2 is 2.14 bits per heavy atom. The molecule has 1 saturated heterocycles. The van der Waals surface area contributed by atoms with E-state index in [0.29, 0.717) is 18.2 Å². The SMILES string of the molecule is CNCC1CCN(C(=O)CCc2ccc(C)cc2C)C1.Cl. The molecule has 1 fully saturated rings. The molecule has 0 spiro atoms. The molecule has 2 rings (SSSR count). The highest BCUT2D eigenvalue weighted by Gasteiger charge is 2.25. The van der Waals surface area contributed by atoms with E-state index < -0.39 is 0 Å². The number of aryl methyl sites for hydroxylation is 3. The minimum Gasteiger partial charge on any atom is -0.342 e. The number of halogens is 1. The molecule has 0 aromatic heterocycles. The van der Waals surface area contributed by atoms with Gasteiger partial charge in [0.05, 0.1) is 0 Å². The van der Waals surface area contributed by atoms with Crippen LogP contribution in [0.15, 0.2) is 18.2 Å². The molecule has 4 heteroatoms. The number of benzene rings is 1. The number of rotatable bonds is 5. The van der Waals surface area contributed by atoms with Gasteiger partial charge in [-0.3, -0.25) is 4.79 Å². The number of nitrogens with zero attached hydrogens (tertiary/aromatic N) is 1. The lowest BCUT2D eigenvalue weighted by molar-refractivity contribution is -0.130. The summed E-state index contributed by atoms with van der Waals surface area (Å²) in [6.07, 6.45) is 2.63. The van der Waals surface area contributed by atoms with Gasteiger partial charge in [0, 0.05) is 19.5 Å². The maximum atomic E-state index is 12.3. The predicted molar refractivity (Wildman–Crippen MR) is 90.1 cm³/mol. The van der Waals surface area contributed by atoms with Crippen molar-refractivity contribution >= 4 is 18.3 Å². The fraction of sp³-hybridized carbons (Fsp3) is 0.588. The third-order valence-corrected chi connectivity index (χ3v) is 4.24. The summed E-state index contributed by atoms with van der Waals surface area (Å²) >= 11 is 0. The summed E-state index contributed by atoms with van der Waals surface area (Å²) in [6.45, 7) is 7.10. The van der Waals surface area contributed by atoms with Gasteiger partial charge in [-0.15, -0.1) is 12.4 Å². The number of amides is 1. The van der Waals surface area contributed by atoms with Crippen molar-refractivity contribution in [1.82, 2.24) is 10.2 Å². The summed E-state index contributed by atoms with van der Waals surface area (Å²) in [5, 5.41) is 3.20. The monoisotopic (exact) mass is 310 g/mol. The molecule has 1 aliphatic rings. The van der Waals surface area contributed by atoms with Crippen LogP contribution in [-0.4, -0.2) is 37.5 Å². The van der Waals surface area contributed by atoms with Crippen LogP contribution in [-0.2, 0) is 11.2 Å². The van der Waals surface area contributed by atoms with E-state index in [2.05, 4.69) is 37.4 Å². The molecule has 1 aromatic carbocycles. The first-order valence-corrected chi connectivity index (χ1v) is 7.58. The van der Waals surface area contributed by atoms with E-state index in [0.717, 1.165) is 32.5 Å². The van der Waals surface area contributed by atoms with Gasteiger partial charge in [0.1, 0.15) is 0 Å². The van der Waals surface area contributed by atoms with Crippen LogP contribution in [0.3, 0.4) is 0 Å². The van der Waals surface area contributed by atoms with Crippen molar-refractivity contribution in [3.63, 3.8) is 0 Å². The second-order valence-corrected chi connectivity index (χ2v) is 5.98. The Bertz CT molecular complexity index is 476. The van der Waals surface area contributed by atoms with Gasteiger partial charge in [-0.1, -0.05) is 23.8 Å². The van der Waals surface area contributed by atoms with E-state index in [1.165, 1.54) is 16.7 Å². The molecule has 0 radical (unpaired) electrons. The number of nitrogens with one attached hydrogen (secondary N) is 1. The molecular formula is C17H27ClN2O. The molecule has 1 heterocycles. The van der Waals surface area contributed by atoms with E-state index >= 15 is 0 Å².